The van der Waals surface area contributed by atoms with Crippen molar-refractivity contribution in [2.24, 2.45) is 0 Å². The Balaban J connectivity index is -0.000000155. The summed E-state index contributed by atoms with van der Waals surface area (Å²) in [5.41, 5.74) is 0.379. The first-order chi connectivity index (χ1) is 11.8. The summed E-state index contributed by atoms with van der Waals surface area (Å²) < 4.78 is 1.07. The second-order valence-electron chi connectivity index (χ2n) is 4.38. The minimum Gasteiger partial charge on any atom is -1.00 e. The minimum absolute atomic E-state index is 0. The molecular weight excluding hydrogens is 783 g/mol. The number of carboxylic acids is 2. The summed E-state index contributed by atoms with van der Waals surface area (Å²) in [6.45, 7) is 2.23. The fourth-order valence-corrected chi connectivity index (χ4v) is 6.11. The molecule has 0 unspecified atom stereocenters. The molecule has 2 rings (SSSR count). The molecule has 1 aromatic rings. The maximum atomic E-state index is 10.6. The van der Waals surface area contributed by atoms with Gasteiger partial charge in [0.1, 0.15) is 0 Å². The van der Waals surface area contributed by atoms with E-state index in [0.29, 0.717) is 12.1 Å². The summed E-state index contributed by atoms with van der Waals surface area (Å²) in [6.07, 6.45) is 2.57. The number of hydrogen-bond donors (Lipinski definition) is 2. The predicted octanol–water partition coefficient (Wildman–Crippen LogP) is -4.31. The second kappa shape index (κ2) is 20.4. The summed E-state index contributed by atoms with van der Waals surface area (Å²) >= 11 is 0.212. The van der Waals surface area contributed by atoms with Crippen LogP contribution in [0.5, 0.6) is 0 Å². The number of hydrogen-bond acceptors (Lipinski definition) is 4. The van der Waals surface area contributed by atoms with E-state index in [0.717, 1.165) is 3.07 Å². The third kappa shape index (κ3) is 14.1. The van der Waals surface area contributed by atoms with Crippen LogP contribution in [0.15, 0.2) is 36.4 Å². The Hall–Kier alpha value is 0.0816. The predicted molar refractivity (Wildman–Crippen MR) is 96.9 cm³/mol. The van der Waals surface area contributed by atoms with Gasteiger partial charge < -0.3 is 29.9 Å². The Morgan fingerprint density at radius 2 is 1.54 bits per heavy atom. The van der Waals surface area contributed by atoms with E-state index in [4.69, 9.17) is 18.5 Å². The molecule has 7 nitrogen and oxygen atoms in total. The molecule has 0 aromatic heterocycles. The van der Waals surface area contributed by atoms with E-state index in [1.165, 1.54) is 17.1 Å². The Bertz CT molecular complexity index is 663. The van der Waals surface area contributed by atoms with E-state index >= 15 is 0 Å². The van der Waals surface area contributed by atoms with Crippen LogP contribution in [0, 0.1) is 0 Å². The quantitative estimate of drug-likeness (QED) is 0.138. The number of halogens is 4. The molecule has 0 saturated heterocycles. The monoisotopic (exact) mass is 798 g/mol. The van der Waals surface area contributed by atoms with Gasteiger partial charge in [0.2, 0.25) is 0 Å². The van der Waals surface area contributed by atoms with E-state index in [1.807, 2.05) is 6.07 Å². The average molecular weight is 798 g/mol. The first kappa shape index (κ1) is 35.5. The molecule has 0 fully saturated rings. The topological polar surface area (TPSA) is 112 Å². The van der Waals surface area contributed by atoms with Crippen molar-refractivity contribution in [1.29, 1.82) is 0 Å². The molecular formula is C15H15Cl3CoHgINO6. The Morgan fingerprint density at radius 1 is 1.11 bits per heavy atom. The maximum absolute atomic E-state index is 10.6. The minimum atomic E-state index is -1.57. The van der Waals surface area contributed by atoms with Crippen LogP contribution in [0.4, 0.5) is 0 Å². The van der Waals surface area contributed by atoms with Gasteiger partial charge in [-0.05, 0) is 6.92 Å². The number of alkyl halides is 1. The molecule has 0 bridgehead atoms. The summed E-state index contributed by atoms with van der Waals surface area (Å²) in [4.78, 5) is 42.4. The summed E-state index contributed by atoms with van der Waals surface area (Å²) in [6, 6.07) is 6.94. The largest absolute Gasteiger partial charge is 2.00 e. The zero-order chi connectivity index (χ0) is 19.4. The van der Waals surface area contributed by atoms with Gasteiger partial charge in [-0.25, -0.2) is 0 Å². The van der Waals surface area contributed by atoms with Crippen molar-refractivity contribution in [3.05, 3.63) is 42.0 Å². The van der Waals surface area contributed by atoms with Crippen LogP contribution in [0.3, 0.4) is 0 Å². The molecule has 1 radical (unpaired) electrons. The number of nitrogens with zero attached hydrogens (tertiary/aromatic N) is 1. The van der Waals surface area contributed by atoms with E-state index in [1.54, 1.807) is 47.7 Å². The summed E-state index contributed by atoms with van der Waals surface area (Å²) in [5.74, 6) is -2.04. The van der Waals surface area contributed by atoms with Crippen molar-refractivity contribution in [3.8, 4) is 0 Å². The standard InChI is InChI=1S/C7H5O2.C6H7NO2.C2H3IO2.3ClH.Co.Hg/c8-7(9)6-4-2-1-3-5-6;1-2-7-5(8)3-4-6(7)9;3-1-2(4)5;;;;;/h1-4H,(H,8,9);3-4H,2H2,1H3;1H2,(H,4,5);3*1H;;/q;;;;;;+2;+1/p-3. The molecule has 1 aliphatic heterocycles. The number of imide groups is 1. The Kier molecular flexibility index (Phi) is 25.8. The van der Waals surface area contributed by atoms with Crippen LogP contribution >= 0.6 is 30.8 Å². The van der Waals surface area contributed by atoms with Crippen molar-refractivity contribution in [1.82, 2.24) is 4.90 Å². The van der Waals surface area contributed by atoms with E-state index in [-0.39, 0.29) is 57.8 Å². The van der Waals surface area contributed by atoms with E-state index in [9.17, 15) is 19.2 Å². The van der Waals surface area contributed by atoms with Crippen LogP contribution in [-0.4, -0.2) is 49.8 Å². The van der Waals surface area contributed by atoms with Gasteiger partial charge in [0, 0.05) is 18.7 Å². The van der Waals surface area contributed by atoms with Crippen LogP contribution in [-0.2, 0) is 54.5 Å². The van der Waals surface area contributed by atoms with Crippen LogP contribution in [0.1, 0.15) is 17.3 Å². The van der Waals surface area contributed by atoms with Crippen LogP contribution < -0.4 is 27.9 Å². The Labute approximate surface area is 214 Å². The molecule has 28 heavy (non-hydrogen) atoms. The van der Waals surface area contributed by atoms with Crippen molar-refractivity contribution in [2.45, 2.75) is 6.92 Å². The fraction of sp³-hybridized carbons (Fsp3) is 0.200. The SMILES string of the molecule is CCN1C(=O)C=CC1=O.O=C(O)CI.O=C(O)c1cccc[c]1[Hg][Cl].[Cl-].[Cl-].[Co+2]. The Morgan fingerprint density at radius 3 is 1.79 bits per heavy atom. The number of benzene rings is 1. The number of carboxylic acid groups (broad SMARTS) is 2. The maximum Gasteiger partial charge on any atom is 2.00 e. The number of aliphatic carboxylic acids is 1. The van der Waals surface area contributed by atoms with Crippen molar-refractivity contribution in [3.63, 3.8) is 0 Å². The molecule has 0 saturated carbocycles. The molecule has 1 heterocycles. The van der Waals surface area contributed by atoms with Gasteiger partial charge in [-0.2, -0.15) is 0 Å². The number of carbonyl (C=O) groups excluding carboxylic acids is 2. The molecule has 13 heteroatoms. The van der Waals surface area contributed by atoms with Crippen molar-refractivity contribution >= 4 is 57.7 Å². The van der Waals surface area contributed by atoms with Crippen molar-refractivity contribution in [2.75, 3.05) is 11.0 Å². The fourth-order valence-electron chi connectivity index (χ4n) is 1.59. The molecule has 155 valence electrons. The molecule has 0 spiro atoms. The zero-order valence-corrected chi connectivity index (χ0v) is 25.4. The smallest absolute Gasteiger partial charge is 1.00 e. The third-order valence-electron chi connectivity index (χ3n) is 2.72. The van der Waals surface area contributed by atoms with Gasteiger partial charge in [0.25, 0.3) is 11.8 Å². The van der Waals surface area contributed by atoms with Gasteiger partial charge >= 0.3 is 103 Å². The molecule has 2 amide bonds. The summed E-state index contributed by atoms with van der Waals surface area (Å²) in [5, 5.41) is 16.4. The van der Waals surface area contributed by atoms with Gasteiger partial charge in [0.15, 0.2) is 0 Å². The second-order valence-corrected chi connectivity index (χ2v) is 11.5. The average Bonchev–Trinajstić information content (AvgIpc) is 2.93. The first-order valence-electron chi connectivity index (χ1n) is 6.96. The molecule has 1 aromatic carbocycles. The number of rotatable bonds is 4. The number of amides is 2. The van der Waals surface area contributed by atoms with Crippen LogP contribution in [0.25, 0.3) is 0 Å². The number of aromatic carboxylic acids is 1. The van der Waals surface area contributed by atoms with E-state index < -0.39 is 35.3 Å². The zero-order valence-electron chi connectivity index (χ0n) is 14.4. The first-order valence-corrected chi connectivity index (χ1v) is 18.0. The van der Waals surface area contributed by atoms with E-state index in [2.05, 4.69) is 0 Å². The third-order valence-corrected chi connectivity index (χ3v) is 9.42. The number of likely N-dealkylation sites (N-methyl/N-ethyl adjacent to an activating group) is 1. The van der Waals surface area contributed by atoms with Gasteiger partial charge in [0.05, 0.1) is 4.43 Å². The van der Waals surface area contributed by atoms with Gasteiger partial charge in [-0.1, -0.05) is 22.6 Å². The molecule has 2 N–H and O–H groups in total. The van der Waals surface area contributed by atoms with Gasteiger partial charge in [-0.15, -0.1) is 0 Å². The molecule has 0 atom stereocenters. The summed E-state index contributed by atoms with van der Waals surface area (Å²) in [7, 11) is 5.74. The normalized spacial score (nSPS) is 10.5. The van der Waals surface area contributed by atoms with Gasteiger partial charge in [-0.3, -0.25) is 19.3 Å². The number of carbonyl (C=O) groups is 4. The van der Waals surface area contributed by atoms with Crippen LogP contribution in [0.2, 0.25) is 0 Å². The molecule has 0 aliphatic carbocycles. The molecule has 1 aliphatic rings. The van der Waals surface area contributed by atoms with Crippen molar-refractivity contribution < 1.29 is 94.3 Å².